The lowest BCUT2D eigenvalue weighted by Crippen LogP contribution is -2.39. The van der Waals surface area contributed by atoms with E-state index in [1.807, 2.05) is 38.1 Å². The molecule has 0 radical (unpaired) electrons. The van der Waals surface area contributed by atoms with Crippen LogP contribution in [-0.2, 0) is 11.8 Å². The molecular formula is C22H25F3N6O2. The van der Waals surface area contributed by atoms with Crippen molar-refractivity contribution in [2.45, 2.75) is 32.5 Å². The lowest BCUT2D eigenvalue weighted by molar-refractivity contribution is -0.151. The second kappa shape index (κ2) is 8.12. The van der Waals surface area contributed by atoms with E-state index in [0.717, 1.165) is 16.8 Å². The van der Waals surface area contributed by atoms with Gasteiger partial charge in [-0.3, -0.25) is 4.68 Å². The molecule has 3 aromatic heterocycles. The number of nitrogens with zero attached hydrogens (tertiary/aromatic N) is 6. The first kappa shape index (κ1) is 21.9. The summed E-state index contributed by atoms with van der Waals surface area (Å²) in [6, 6.07) is 1.88. The van der Waals surface area contributed by atoms with E-state index < -0.39 is 18.0 Å². The lowest BCUT2D eigenvalue weighted by Gasteiger charge is -2.32. The second-order valence-corrected chi connectivity index (χ2v) is 8.80. The van der Waals surface area contributed by atoms with E-state index in [9.17, 15) is 13.2 Å². The Labute approximate surface area is 188 Å². The maximum atomic E-state index is 12.9. The van der Waals surface area contributed by atoms with Gasteiger partial charge in [0.2, 0.25) is 11.8 Å². The third-order valence-corrected chi connectivity index (χ3v) is 6.31. The zero-order chi connectivity index (χ0) is 23.3. The van der Waals surface area contributed by atoms with Crippen LogP contribution in [0.25, 0.3) is 11.0 Å². The molecule has 1 aliphatic carbocycles. The van der Waals surface area contributed by atoms with Gasteiger partial charge < -0.3 is 14.4 Å². The Kier molecular flexibility index (Phi) is 5.38. The zero-order valence-corrected chi connectivity index (χ0v) is 18.6. The molecule has 2 aliphatic rings. The van der Waals surface area contributed by atoms with Crippen LogP contribution >= 0.6 is 0 Å². The number of morpholine rings is 1. The Balaban J connectivity index is 1.43. The molecule has 4 heterocycles. The van der Waals surface area contributed by atoms with E-state index in [1.165, 1.54) is 0 Å². The van der Waals surface area contributed by atoms with Gasteiger partial charge in [-0.25, -0.2) is 4.98 Å². The molecule has 3 aromatic rings. The number of fused-ring (bicyclic) bond motifs is 1. The van der Waals surface area contributed by atoms with Crippen LogP contribution in [0.2, 0.25) is 0 Å². The minimum atomic E-state index is -4.18. The Morgan fingerprint density at radius 1 is 1.21 bits per heavy atom. The molecule has 8 nitrogen and oxygen atoms in total. The molecule has 1 aliphatic heterocycles. The van der Waals surface area contributed by atoms with Gasteiger partial charge in [0.15, 0.2) is 5.65 Å². The molecule has 11 heteroatoms. The van der Waals surface area contributed by atoms with Crippen LogP contribution in [0.5, 0.6) is 5.88 Å². The highest BCUT2D eigenvalue weighted by Crippen LogP contribution is 2.50. The van der Waals surface area contributed by atoms with Crippen molar-refractivity contribution in [2.24, 2.45) is 18.9 Å². The van der Waals surface area contributed by atoms with Gasteiger partial charge in [-0.1, -0.05) is 0 Å². The van der Waals surface area contributed by atoms with Crippen LogP contribution in [0.15, 0.2) is 18.5 Å². The van der Waals surface area contributed by atoms with Gasteiger partial charge in [-0.15, -0.1) is 0 Å². The number of alkyl halides is 3. The highest BCUT2D eigenvalue weighted by atomic mass is 19.4. The van der Waals surface area contributed by atoms with Gasteiger partial charge in [-0.05, 0) is 31.9 Å². The summed E-state index contributed by atoms with van der Waals surface area (Å²) in [4.78, 5) is 15.8. The van der Waals surface area contributed by atoms with E-state index in [-0.39, 0.29) is 25.0 Å². The molecule has 1 saturated carbocycles. The molecule has 33 heavy (non-hydrogen) atoms. The Hall–Kier alpha value is -2.95. The minimum Gasteiger partial charge on any atom is -0.477 e. The summed E-state index contributed by atoms with van der Waals surface area (Å²) in [6.45, 7) is 5.34. The molecular weight excluding hydrogens is 437 g/mol. The number of aromatic nitrogens is 5. The first-order chi connectivity index (χ1) is 15.7. The number of pyridine rings is 1. The molecule has 0 bridgehead atoms. The average Bonchev–Trinajstić information content (AvgIpc) is 3.45. The van der Waals surface area contributed by atoms with Crippen molar-refractivity contribution in [3.63, 3.8) is 0 Å². The van der Waals surface area contributed by atoms with Crippen LogP contribution in [0, 0.1) is 25.7 Å². The van der Waals surface area contributed by atoms with Crippen molar-refractivity contribution in [1.29, 1.82) is 0 Å². The summed E-state index contributed by atoms with van der Waals surface area (Å²) < 4.78 is 52.3. The fourth-order valence-corrected chi connectivity index (χ4v) is 4.12. The lowest BCUT2D eigenvalue weighted by atomic mass is 10.1. The van der Waals surface area contributed by atoms with E-state index in [4.69, 9.17) is 9.47 Å². The number of halogens is 3. The summed E-state index contributed by atoms with van der Waals surface area (Å²) in [5.41, 5.74) is 3.18. The highest BCUT2D eigenvalue weighted by Gasteiger charge is 2.55. The maximum absolute atomic E-state index is 12.9. The molecule has 0 amide bonds. The molecule has 0 aromatic carbocycles. The summed E-state index contributed by atoms with van der Waals surface area (Å²) in [5, 5.41) is 4.81. The predicted molar refractivity (Wildman–Crippen MR) is 114 cm³/mol. The van der Waals surface area contributed by atoms with Crippen LogP contribution < -0.4 is 9.64 Å². The molecule has 176 valence electrons. The third kappa shape index (κ3) is 4.46. The largest absolute Gasteiger partial charge is 0.477 e. The topological polar surface area (TPSA) is 78.2 Å². The first-order valence-electron chi connectivity index (χ1n) is 10.9. The SMILES string of the molecule is Cc1cc2c(OC[C@@H]3C[C@@H]3C(F)(F)F)nc(N3CCO[C@@H](c4cnn(C)c4)C3)nc2nc1C. The van der Waals surface area contributed by atoms with Gasteiger partial charge in [0.25, 0.3) is 0 Å². The normalized spacial score (nSPS) is 23.2. The highest BCUT2D eigenvalue weighted by molar-refractivity contribution is 5.82. The average molecular weight is 462 g/mol. The van der Waals surface area contributed by atoms with E-state index >= 15 is 0 Å². The molecule has 5 rings (SSSR count). The van der Waals surface area contributed by atoms with Gasteiger partial charge in [-0.2, -0.15) is 28.2 Å². The summed E-state index contributed by atoms with van der Waals surface area (Å²) in [5.74, 6) is -1.15. The standard InChI is InChI=1S/C22H25F3N6O2/c1-12-6-16-19(27-13(12)2)28-21(29-20(16)33-11-14-7-17(14)22(23,24)25)31-4-5-32-18(10-31)15-8-26-30(3)9-15/h6,8-9,14,17-18H,4-5,7,10-11H2,1-3H3/t14-,17-,18+/m0/s1. The fourth-order valence-electron chi connectivity index (χ4n) is 4.12. The summed E-state index contributed by atoms with van der Waals surface area (Å²) >= 11 is 0. The van der Waals surface area contributed by atoms with Crippen LogP contribution in [0.1, 0.15) is 29.3 Å². The van der Waals surface area contributed by atoms with Crippen LogP contribution in [-0.4, -0.2) is 57.2 Å². The number of anilines is 1. The van der Waals surface area contributed by atoms with Gasteiger partial charge in [0, 0.05) is 37.0 Å². The molecule has 0 N–H and O–H groups in total. The van der Waals surface area contributed by atoms with Crippen molar-refractivity contribution in [3.05, 3.63) is 35.3 Å². The number of hydrogen-bond donors (Lipinski definition) is 0. The Morgan fingerprint density at radius 2 is 2.03 bits per heavy atom. The van der Waals surface area contributed by atoms with Crippen molar-refractivity contribution >= 4 is 17.0 Å². The molecule has 3 atom stereocenters. The predicted octanol–water partition coefficient (Wildman–Crippen LogP) is 3.53. The molecule has 1 saturated heterocycles. The number of rotatable bonds is 5. The quantitative estimate of drug-likeness (QED) is 0.574. The Bertz CT molecular complexity index is 1180. The van der Waals surface area contributed by atoms with Gasteiger partial charge in [0.1, 0.15) is 6.10 Å². The monoisotopic (exact) mass is 462 g/mol. The van der Waals surface area contributed by atoms with Crippen LogP contribution in [0.4, 0.5) is 19.1 Å². The molecule has 0 spiro atoms. The Morgan fingerprint density at radius 3 is 2.73 bits per heavy atom. The first-order valence-corrected chi connectivity index (χ1v) is 10.9. The van der Waals surface area contributed by atoms with Crippen molar-refractivity contribution in [3.8, 4) is 5.88 Å². The van der Waals surface area contributed by atoms with Crippen LogP contribution in [0.3, 0.4) is 0 Å². The second-order valence-electron chi connectivity index (χ2n) is 8.80. The van der Waals surface area contributed by atoms with Crippen molar-refractivity contribution < 1.29 is 22.6 Å². The van der Waals surface area contributed by atoms with Gasteiger partial charge in [0.05, 0.1) is 37.3 Å². The van der Waals surface area contributed by atoms with E-state index in [2.05, 4.69) is 20.1 Å². The van der Waals surface area contributed by atoms with E-state index in [1.54, 1.807) is 10.9 Å². The zero-order valence-electron chi connectivity index (χ0n) is 18.6. The van der Waals surface area contributed by atoms with Gasteiger partial charge >= 0.3 is 6.18 Å². The molecule has 0 unspecified atom stereocenters. The number of ether oxygens (including phenoxy) is 2. The minimum absolute atomic E-state index is 0.0376. The smallest absolute Gasteiger partial charge is 0.392 e. The summed E-state index contributed by atoms with van der Waals surface area (Å²) in [7, 11) is 1.85. The third-order valence-electron chi connectivity index (χ3n) is 6.31. The van der Waals surface area contributed by atoms with Crippen molar-refractivity contribution in [1.82, 2.24) is 24.7 Å². The fraction of sp³-hybridized carbons (Fsp3) is 0.545. The number of aryl methyl sites for hydroxylation is 3. The molecule has 2 fully saturated rings. The van der Waals surface area contributed by atoms with E-state index in [0.29, 0.717) is 36.7 Å². The summed E-state index contributed by atoms with van der Waals surface area (Å²) in [6.07, 6.45) is -0.610. The maximum Gasteiger partial charge on any atom is 0.392 e. The van der Waals surface area contributed by atoms with Crippen molar-refractivity contribution in [2.75, 3.05) is 31.2 Å². The number of hydrogen-bond acceptors (Lipinski definition) is 7.